The molecule has 0 radical (unpaired) electrons. The fourth-order valence-electron chi connectivity index (χ4n) is 7.58. The summed E-state index contributed by atoms with van der Waals surface area (Å²) in [5.74, 6) is 0. The van der Waals surface area contributed by atoms with Crippen LogP contribution in [0.3, 0.4) is 0 Å². The van der Waals surface area contributed by atoms with Gasteiger partial charge in [-0.3, -0.25) is 0 Å². The lowest BCUT2D eigenvalue weighted by atomic mass is 10.0. The maximum absolute atomic E-state index is 2.42. The van der Waals surface area contributed by atoms with E-state index in [1.807, 2.05) is 0 Å². The summed E-state index contributed by atoms with van der Waals surface area (Å²) in [5, 5.41) is 6.24. The van der Waals surface area contributed by atoms with Crippen LogP contribution in [0.1, 0.15) is 0 Å². The first-order valence-corrected chi connectivity index (χ1v) is 16.1. The van der Waals surface area contributed by atoms with Crippen LogP contribution in [0.2, 0.25) is 0 Å². The van der Waals surface area contributed by atoms with Crippen LogP contribution >= 0.6 is 0 Å². The molecule has 7 aromatic carbocycles. The van der Waals surface area contributed by atoms with Gasteiger partial charge in [0.15, 0.2) is 0 Å². The molecular formula is C44H29N3. The van der Waals surface area contributed by atoms with Gasteiger partial charge < -0.3 is 13.7 Å². The van der Waals surface area contributed by atoms with Crippen molar-refractivity contribution in [1.29, 1.82) is 0 Å². The summed E-state index contributed by atoms with van der Waals surface area (Å²) in [6.45, 7) is 0. The number of rotatable bonds is 4. The van der Waals surface area contributed by atoms with Gasteiger partial charge in [-0.2, -0.15) is 0 Å². The van der Waals surface area contributed by atoms with Crippen molar-refractivity contribution in [2.24, 2.45) is 0 Å². The van der Waals surface area contributed by atoms with Crippen molar-refractivity contribution >= 4 is 54.5 Å². The van der Waals surface area contributed by atoms with E-state index in [4.69, 9.17) is 0 Å². The van der Waals surface area contributed by atoms with Gasteiger partial charge in [0.2, 0.25) is 0 Å². The predicted octanol–water partition coefficient (Wildman–Crippen LogP) is 11.5. The molecule has 3 heterocycles. The van der Waals surface area contributed by atoms with Crippen LogP contribution in [0.15, 0.2) is 176 Å². The quantitative estimate of drug-likeness (QED) is 0.191. The molecule has 0 unspecified atom stereocenters. The first kappa shape index (κ1) is 26.0. The molecule has 3 nitrogen and oxygen atoms in total. The molecule has 10 rings (SSSR count). The Balaban J connectivity index is 1.22. The Morgan fingerprint density at radius 3 is 1.77 bits per heavy atom. The Bertz CT molecular complexity index is 2780. The number of hydrogen-bond acceptors (Lipinski definition) is 0. The number of benzene rings is 7. The third-order valence-electron chi connectivity index (χ3n) is 9.65. The van der Waals surface area contributed by atoms with Crippen LogP contribution in [0.5, 0.6) is 0 Å². The molecule has 0 spiro atoms. The van der Waals surface area contributed by atoms with Crippen molar-refractivity contribution in [2.75, 3.05) is 0 Å². The summed E-state index contributed by atoms with van der Waals surface area (Å²) in [7, 11) is 0. The first-order valence-electron chi connectivity index (χ1n) is 16.1. The SMILES string of the molecule is c1ccc(-c2ccc3c(c2)c2ccccc2n3-c2cccc(-n3ccc4ccc5c6ccccc6n(-c6ccccc6)c5c43)c2)cc1. The molecule has 0 aliphatic carbocycles. The lowest BCUT2D eigenvalue weighted by Crippen LogP contribution is -1.99. The zero-order valence-corrected chi connectivity index (χ0v) is 25.6. The lowest BCUT2D eigenvalue weighted by Gasteiger charge is -2.14. The molecule has 3 aromatic heterocycles. The van der Waals surface area contributed by atoms with Gasteiger partial charge in [0, 0.05) is 50.2 Å². The summed E-state index contributed by atoms with van der Waals surface area (Å²) in [4.78, 5) is 0. The van der Waals surface area contributed by atoms with Gasteiger partial charge in [0.1, 0.15) is 0 Å². The highest BCUT2D eigenvalue weighted by Gasteiger charge is 2.19. The van der Waals surface area contributed by atoms with Crippen molar-refractivity contribution in [2.45, 2.75) is 0 Å². The maximum atomic E-state index is 2.42. The normalized spacial score (nSPS) is 11.8. The zero-order valence-electron chi connectivity index (χ0n) is 25.6. The van der Waals surface area contributed by atoms with E-state index in [1.54, 1.807) is 0 Å². The van der Waals surface area contributed by atoms with Crippen molar-refractivity contribution in [1.82, 2.24) is 13.7 Å². The summed E-state index contributed by atoms with van der Waals surface area (Å²) in [6, 6.07) is 61.4. The fourth-order valence-corrected chi connectivity index (χ4v) is 7.58. The molecule has 0 N–H and O–H groups in total. The minimum absolute atomic E-state index is 1.13. The molecule has 0 atom stereocenters. The van der Waals surface area contributed by atoms with Gasteiger partial charge in [-0.1, -0.05) is 109 Å². The summed E-state index contributed by atoms with van der Waals surface area (Å²) in [6.07, 6.45) is 2.22. The molecule has 0 saturated carbocycles. The van der Waals surface area contributed by atoms with Crippen LogP contribution in [-0.2, 0) is 0 Å². The molecule has 0 aliphatic heterocycles. The third-order valence-corrected chi connectivity index (χ3v) is 9.65. The van der Waals surface area contributed by atoms with E-state index in [0.29, 0.717) is 0 Å². The second-order valence-electron chi connectivity index (χ2n) is 12.2. The highest BCUT2D eigenvalue weighted by molar-refractivity contribution is 6.18. The van der Waals surface area contributed by atoms with Gasteiger partial charge in [-0.15, -0.1) is 0 Å². The smallest absolute Gasteiger partial charge is 0.0788 e. The molecule has 0 fully saturated rings. The Morgan fingerprint density at radius 1 is 0.319 bits per heavy atom. The molecule has 47 heavy (non-hydrogen) atoms. The summed E-state index contributed by atoms with van der Waals surface area (Å²) < 4.78 is 7.19. The molecule has 220 valence electrons. The standard InChI is InChI=1S/C44H29N3/c1-3-12-30(13-4-1)32-23-25-42-39(28-32)37-19-8-9-20-40(37)46(42)35-17-11-16-34(29-35)45-27-26-31-22-24-38-36-18-7-10-21-41(36)47(44(38)43(31)45)33-14-5-2-6-15-33/h1-29H. The van der Waals surface area contributed by atoms with E-state index < -0.39 is 0 Å². The average Bonchev–Trinajstić information content (AvgIpc) is 3.82. The second kappa shape index (κ2) is 10.1. The largest absolute Gasteiger partial charge is 0.315 e. The molecule has 0 bridgehead atoms. The number of nitrogens with zero attached hydrogens (tertiary/aromatic N) is 3. The van der Waals surface area contributed by atoms with Gasteiger partial charge >= 0.3 is 0 Å². The van der Waals surface area contributed by atoms with Crippen molar-refractivity contribution in [3.05, 3.63) is 176 Å². The molecule has 10 aromatic rings. The van der Waals surface area contributed by atoms with Gasteiger partial charge in [-0.25, -0.2) is 0 Å². The average molecular weight is 600 g/mol. The molecule has 0 amide bonds. The third kappa shape index (κ3) is 3.87. The van der Waals surface area contributed by atoms with E-state index in [2.05, 4.69) is 190 Å². The van der Waals surface area contributed by atoms with E-state index in [0.717, 1.165) is 17.1 Å². The lowest BCUT2D eigenvalue weighted by molar-refractivity contribution is 1.10. The topological polar surface area (TPSA) is 14.8 Å². The summed E-state index contributed by atoms with van der Waals surface area (Å²) >= 11 is 0. The second-order valence-corrected chi connectivity index (χ2v) is 12.2. The van der Waals surface area contributed by atoms with Crippen molar-refractivity contribution in [3.63, 3.8) is 0 Å². The maximum Gasteiger partial charge on any atom is 0.0788 e. The Morgan fingerprint density at radius 2 is 0.957 bits per heavy atom. The van der Waals surface area contributed by atoms with E-state index in [-0.39, 0.29) is 0 Å². The van der Waals surface area contributed by atoms with Gasteiger partial charge in [0.25, 0.3) is 0 Å². The highest BCUT2D eigenvalue weighted by atomic mass is 15.0. The zero-order chi connectivity index (χ0) is 30.9. The molecule has 0 saturated heterocycles. The van der Waals surface area contributed by atoms with Gasteiger partial charge in [-0.05, 0) is 71.8 Å². The highest BCUT2D eigenvalue weighted by Crippen LogP contribution is 2.39. The van der Waals surface area contributed by atoms with Crippen LogP contribution in [0.4, 0.5) is 0 Å². The van der Waals surface area contributed by atoms with Crippen LogP contribution < -0.4 is 0 Å². The minimum atomic E-state index is 1.13. The monoisotopic (exact) mass is 599 g/mol. The molecule has 0 aliphatic rings. The Hall–Kier alpha value is -6.32. The van der Waals surface area contributed by atoms with Crippen LogP contribution in [-0.4, -0.2) is 13.7 Å². The summed E-state index contributed by atoms with van der Waals surface area (Å²) in [5.41, 5.74) is 11.9. The number of fused-ring (bicyclic) bond motifs is 8. The van der Waals surface area contributed by atoms with Crippen LogP contribution in [0.25, 0.3) is 82.7 Å². The Labute approximate surface area is 271 Å². The number of aromatic nitrogens is 3. The fraction of sp³-hybridized carbons (Fsp3) is 0. The first-order chi connectivity index (χ1) is 23.3. The van der Waals surface area contributed by atoms with E-state index in [1.165, 1.54) is 65.6 Å². The van der Waals surface area contributed by atoms with Gasteiger partial charge in [0.05, 0.1) is 27.6 Å². The molecule has 3 heteroatoms. The Kier molecular flexibility index (Phi) is 5.57. The number of hydrogen-bond donors (Lipinski definition) is 0. The predicted molar refractivity (Wildman–Crippen MR) is 197 cm³/mol. The van der Waals surface area contributed by atoms with Crippen molar-refractivity contribution in [3.8, 4) is 28.2 Å². The van der Waals surface area contributed by atoms with Crippen LogP contribution in [0, 0.1) is 0 Å². The minimum Gasteiger partial charge on any atom is -0.315 e. The van der Waals surface area contributed by atoms with E-state index in [9.17, 15) is 0 Å². The number of para-hydroxylation sites is 3. The molecular weight excluding hydrogens is 571 g/mol. The van der Waals surface area contributed by atoms with E-state index >= 15 is 0 Å². The van der Waals surface area contributed by atoms with Crippen molar-refractivity contribution < 1.29 is 0 Å².